The Hall–Kier alpha value is 0.0569. The fraction of sp³-hybridized carbons (Fsp3) is 1.00. The van der Waals surface area contributed by atoms with Gasteiger partial charge in [-0.25, -0.2) is 0 Å². The van der Waals surface area contributed by atoms with Gasteiger partial charge in [0.05, 0.1) is 26.4 Å². The normalized spacial score (nSPS) is 20.8. The summed E-state index contributed by atoms with van der Waals surface area (Å²) in [6, 6.07) is 1.19. The standard InChI is InChI=1S/C12H26O4Si/c1-11(2)17(16-7-6-13-3)8-4-5-14-9-12-10-15-12/h11-12,17H,4-10H2,1-3H3. The van der Waals surface area contributed by atoms with Crippen LogP contribution in [0.5, 0.6) is 0 Å². The van der Waals surface area contributed by atoms with Gasteiger partial charge in [-0.15, -0.1) is 0 Å². The second-order valence-electron chi connectivity index (χ2n) is 4.82. The lowest BCUT2D eigenvalue weighted by Crippen LogP contribution is -2.24. The van der Waals surface area contributed by atoms with Gasteiger partial charge in [-0.3, -0.25) is 0 Å². The van der Waals surface area contributed by atoms with Gasteiger partial charge in [0, 0.05) is 13.7 Å². The van der Waals surface area contributed by atoms with Gasteiger partial charge in [0.15, 0.2) is 9.04 Å². The molecule has 1 fully saturated rings. The third-order valence-electron chi connectivity index (χ3n) is 2.85. The van der Waals surface area contributed by atoms with E-state index in [4.69, 9.17) is 18.6 Å². The van der Waals surface area contributed by atoms with Gasteiger partial charge in [0.25, 0.3) is 0 Å². The van der Waals surface area contributed by atoms with Gasteiger partial charge in [-0.2, -0.15) is 0 Å². The Morgan fingerprint density at radius 2 is 2.06 bits per heavy atom. The van der Waals surface area contributed by atoms with Crippen LogP contribution in [0.2, 0.25) is 11.6 Å². The van der Waals surface area contributed by atoms with E-state index in [-0.39, 0.29) is 0 Å². The van der Waals surface area contributed by atoms with Crippen LogP contribution in [0.25, 0.3) is 0 Å². The zero-order chi connectivity index (χ0) is 12.5. The highest BCUT2D eigenvalue weighted by Gasteiger charge is 2.22. The Kier molecular flexibility index (Phi) is 8.05. The Morgan fingerprint density at radius 1 is 1.29 bits per heavy atom. The summed E-state index contributed by atoms with van der Waals surface area (Å²) in [6.45, 7) is 8.42. The summed E-state index contributed by atoms with van der Waals surface area (Å²) in [5.74, 6) is 0. The molecular weight excluding hydrogens is 236 g/mol. The summed E-state index contributed by atoms with van der Waals surface area (Å²) in [6.07, 6.45) is 1.49. The summed E-state index contributed by atoms with van der Waals surface area (Å²) in [5, 5.41) is 0. The highest BCUT2D eigenvalue weighted by atomic mass is 28.3. The topological polar surface area (TPSA) is 40.2 Å². The lowest BCUT2D eigenvalue weighted by atomic mass is 10.5. The van der Waals surface area contributed by atoms with Crippen LogP contribution in [0.1, 0.15) is 20.3 Å². The van der Waals surface area contributed by atoms with E-state index in [2.05, 4.69) is 13.8 Å². The van der Waals surface area contributed by atoms with Crippen molar-refractivity contribution in [1.29, 1.82) is 0 Å². The van der Waals surface area contributed by atoms with Crippen LogP contribution < -0.4 is 0 Å². The number of epoxide rings is 1. The molecule has 1 saturated heterocycles. The SMILES string of the molecule is COCCO[SiH](CCCOCC1CO1)C(C)C. The summed E-state index contributed by atoms with van der Waals surface area (Å²) >= 11 is 0. The molecular formula is C12H26O4Si. The molecule has 2 atom stereocenters. The van der Waals surface area contributed by atoms with Crippen molar-refractivity contribution in [2.45, 2.75) is 38.0 Å². The van der Waals surface area contributed by atoms with Gasteiger partial charge in [0.2, 0.25) is 0 Å². The molecule has 0 aromatic rings. The number of ether oxygens (including phenoxy) is 3. The fourth-order valence-corrected chi connectivity index (χ4v) is 3.84. The summed E-state index contributed by atoms with van der Waals surface area (Å²) in [5.41, 5.74) is 0.679. The molecule has 0 aromatic carbocycles. The molecule has 0 bridgehead atoms. The molecule has 0 amide bonds. The molecule has 0 saturated carbocycles. The van der Waals surface area contributed by atoms with E-state index in [1.807, 2.05) is 0 Å². The molecule has 1 aliphatic heterocycles. The third-order valence-corrected chi connectivity index (χ3v) is 5.97. The molecule has 2 unspecified atom stereocenters. The van der Waals surface area contributed by atoms with E-state index >= 15 is 0 Å². The maximum absolute atomic E-state index is 5.92. The lowest BCUT2D eigenvalue weighted by Gasteiger charge is -2.19. The van der Waals surface area contributed by atoms with Crippen molar-refractivity contribution >= 4 is 9.04 Å². The molecule has 0 radical (unpaired) electrons. The van der Waals surface area contributed by atoms with Crippen LogP contribution >= 0.6 is 0 Å². The Morgan fingerprint density at radius 3 is 2.65 bits per heavy atom. The van der Waals surface area contributed by atoms with Gasteiger partial charge in [-0.05, 0) is 18.0 Å². The molecule has 0 aliphatic carbocycles. The van der Waals surface area contributed by atoms with E-state index in [9.17, 15) is 0 Å². The summed E-state index contributed by atoms with van der Waals surface area (Å²) in [7, 11) is 0.630. The number of hydrogen-bond donors (Lipinski definition) is 0. The lowest BCUT2D eigenvalue weighted by molar-refractivity contribution is 0.115. The Labute approximate surface area is 106 Å². The first-order valence-electron chi connectivity index (χ1n) is 6.54. The molecule has 1 aliphatic rings. The fourth-order valence-electron chi connectivity index (χ4n) is 1.66. The molecule has 0 N–H and O–H groups in total. The van der Waals surface area contributed by atoms with Crippen molar-refractivity contribution in [2.24, 2.45) is 0 Å². The first-order valence-corrected chi connectivity index (χ1v) is 8.49. The molecule has 5 heteroatoms. The van der Waals surface area contributed by atoms with E-state index < -0.39 is 9.04 Å². The molecule has 102 valence electrons. The van der Waals surface area contributed by atoms with Crippen molar-refractivity contribution < 1.29 is 18.6 Å². The zero-order valence-corrected chi connectivity index (χ0v) is 12.5. The minimum Gasteiger partial charge on any atom is -0.417 e. The molecule has 17 heavy (non-hydrogen) atoms. The van der Waals surface area contributed by atoms with Gasteiger partial charge in [0.1, 0.15) is 6.10 Å². The quantitative estimate of drug-likeness (QED) is 0.322. The highest BCUT2D eigenvalue weighted by molar-refractivity contribution is 6.53. The van der Waals surface area contributed by atoms with Crippen molar-refractivity contribution in [3.63, 3.8) is 0 Å². The maximum atomic E-state index is 5.92. The van der Waals surface area contributed by atoms with Crippen molar-refractivity contribution in [3.8, 4) is 0 Å². The zero-order valence-electron chi connectivity index (χ0n) is 11.3. The maximum Gasteiger partial charge on any atom is 0.179 e. The molecule has 0 spiro atoms. The van der Waals surface area contributed by atoms with E-state index in [1.165, 1.54) is 6.04 Å². The Balaban J connectivity index is 1.97. The van der Waals surface area contributed by atoms with Crippen molar-refractivity contribution in [3.05, 3.63) is 0 Å². The van der Waals surface area contributed by atoms with Gasteiger partial charge < -0.3 is 18.6 Å². The van der Waals surface area contributed by atoms with E-state index in [0.29, 0.717) is 18.3 Å². The molecule has 1 rings (SSSR count). The predicted octanol–water partition coefficient (Wildman–Crippen LogP) is 1.59. The molecule has 0 aromatic heterocycles. The predicted molar refractivity (Wildman–Crippen MR) is 70.1 cm³/mol. The van der Waals surface area contributed by atoms with Crippen LogP contribution in [-0.2, 0) is 18.6 Å². The average Bonchev–Trinajstić information content (AvgIpc) is 3.10. The second-order valence-corrected chi connectivity index (χ2v) is 8.14. The van der Waals surface area contributed by atoms with Crippen LogP contribution in [0, 0.1) is 0 Å². The first-order chi connectivity index (χ1) is 8.24. The largest absolute Gasteiger partial charge is 0.417 e. The number of methoxy groups -OCH3 is 1. The van der Waals surface area contributed by atoms with Crippen LogP contribution in [0.15, 0.2) is 0 Å². The van der Waals surface area contributed by atoms with E-state index in [0.717, 1.165) is 32.8 Å². The minimum absolute atomic E-state index is 0.381. The van der Waals surface area contributed by atoms with Gasteiger partial charge >= 0.3 is 0 Å². The number of rotatable bonds is 11. The first kappa shape index (κ1) is 15.1. The van der Waals surface area contributed by atoms with Crippen LogP contribution in [0.3, 0.4) is 0 Å². The summed E-state index contributed by atoms with van der Waals surface area (Å²) < 4.78 is 21.5. The van der Waals surface area contributed by atoms with E-state index in [1.54, 1.807) is 7.11 Å². The van der Waals surface area contributed by atoms with Crippen LogP contribution in [-0.4, -0.2) is 55.3 Å². The highest BCUT2D eigenvalue weighted by Crippen LogP contribution is 2.15. The van der Waals surface area contributed by atoms with Crippen molar-refractivity contribution in [2.75, 3.05) is 40.1 Å². The monoisotopic (exact) mass is 262 g/mol. The number of hydrogen-bond acceptors (Lipinski definition) is 4. The third kappa shape index (κ3) is 7.89. The average molecular weight is 262 g/mol. The molecule has 1 heterocycles. The second kappa shape index (κ2) is 9.05. The minimum atomic E-state index is -1.08. The van der Waals surface area contributed by atoms with Crippen molar-refractivity contribution in [1.82, 2.24) is 0 Å². The smallest absolute Gasteiger partial charge is 0.179 e. The van der Waals surface area contributed by atoms with Gasteiger partial charge in [-0.1, -0.05) is 13.8 Å². The molecule has 4 nitrogen and oxygen atoms in total. The Bertz CT molecular complexity index is 185. The van der Waals surface area contributed by atoms with Crippen LogP contribution in [0.4, 0.5) is 0 Å². The summed E-state index contributed by atoms with van der Waals surface area (Å²) in [4.78, 5) is 0.